The molecule has 1 amide bonds. The summed E-state index contributed by atoms with van der Waals surface area (Å²) in [5, 5.41) is 0.932. The molecule has 4 rings (SSSR count). The van der Waals surface area contributed by atoms with Crippen LogP contribution < -0.4 is 16.3 Å². The minimum absolute atomic E-state index is 0.116. The van der Waals surface area contributed by atoms with Crippen LogP contribution in [0.5, 0.6) is 0 Å². The summed E-state index contributed by atoms with van der Waals surface area (Å²) >= 11 is 0. The minimum Gasteiger partial charge on any atom is -0.423 e. The molecule has 0 bridgehead atoms. The fraction of sp³-hybridized carbons (Fsp3) is 0.273. The van der Waals surface area contributed by atoms with Gasteiger partial charge in [-0.25, -0.2) is 4.79 Å². The molecule has 27 heavy (non-hydrogen) atoms. The largest absolute Gasteiger partial charge is 0.423 e. The van der Waals surface area contributed by atoms with Crippen LogP contribution in [0.1, 0.15) is 36.0 Å². The summed E-state index contributed by atoms with van der Waals surface area (Å²) in [5.41, 5.74) is 9.80. The molecule has 2 heterocycles. The summed E-state index contributed by atoms with van der Waals surface area (Å²) in [4.78, 5) is 26.2. The van der Waals surface area contributed by atoms with Crippen LogP contribution >= 0.6 is 0 Å². The zero-order valence-corrected chi connectivity index (χ0v) is 15.4. The lowest BCUT2D eigenvalue weighted by Crippen LogP contribution is -2.41. The highest BCUT2D eigenvalue weighted by atomic mass is 16.4. The Hall–Kier alpha value is -3.08. The van der Waals surface area contributed by atoms with Crippen LogP contribution in [0.4, 0.5) is 5.69 Å². The van der Waals surface area contributed by atoms with Crippen molar-refractivity contribution in [2.45, 2.75) is 38.8 Å². The van der Waals surface area contributed by atoms with E-state index >= 15 is 0 Å². The van der Waals surface area contributed by atoms with Crippen molar-refractivity contribution in [3.8, 4) is 0 Å². The van der Waals surface area contributed by atoms with Gasteiger partial charge in [-0.3, -0.25) is 4.79 Å². The molecule has 2 N–H and O–H groups in total. The second-order valence-corrected chi connectivity index (χ2v) is 7.32. The average molecular weight is 362 g/mol. The molecule has 0 unspecified atom stereocenters. The van der Waals surface area contributed by atoms with Gasteiger partial charge in [0.1, 0.15) is 5.58 Å². The Balaban J connectivity index is 1.81. The van der Waals surface area contributed by atoms with E-state index in [1.165, 1.54) is 0 Å². The predicted octanol–water partition coefficient (Wildman–Crippen LogP) is 3.47. The molecular weight excluding hydrogens is 340 g/mol. The highest BCUT2D eigenvalue weighted by molar-refractivity contribution is 5.86. The zero-order chi connectivity index (χ0) is 19.1. The van der Waals surface area contributed by atoms with Gasteiger partial charge in [0.2, 0.25) is 5.91 Å². The van der Waals surface area contributed by atoms with Crippen molar-refractivity contribution in [2.24, 2.45) is 5.73 Å². The Morgan fingerprint density at radius 2 is 2.00 bits per heavy atom. The van der Waals surface area contributed by atoms with Gasteiger partial charge in [0.15, 0.2) is 0 Å². The molecule has 0 spiro atoms. The van der Waals surface area contributed by atoms with Gasteiger partial charge >= 0.3 is 5.63 Å². The number of para-hydroxylation sites is 1. The number of hydrogen-bond donors (Lipinski definition) is 1. The van der Waals surface area contributed by atoms with Crippen LogP contribution in [0.25, 0.3) is 11.0 Å². The lowest BCUT2D eigenvalue weighted by molar-refractivity contribution is -0.119. The first-order chi connectivity index (χ1) is 12.9. The molecule has 5 heteroatoms. The predicted molar refractivity (Wildman–Crippen MR) is 106 cm³/mol. The van der Waals surface area contributed by atoms with Gasteiger partial charge in [-0.1, -0.05) is 30.3 Å². The number of carbonyl (C=O) groups excluding carboxylic acids is 1. The van der Waals surface area contributed by atoms with E-state index in [9.17, 15) is 9.59 Å². The van der Waals surface area contributed by atoms with Crippen molar-refractivity contribution < 1.29 is 9.21 Å². The van der Waals surface area contributed by atoms with Crippen molar-refractivity contribution in [1.29, 1.82) is 0 Å². The number of benzene rings is 2. The lowest BCUT2D eigenvalue weighted by Gasteiger charge is -2.40. The third-order valence-electron chi connectivity index (χ3n) is 5.40. The van der Waals surface area contributed by atoms with Crippen molar-refractivity contribution in [3.05, 3.63) is 75.6 Å². The summed E-state index contributed by atoms with van der Waals surface area (Å²) in [6.07, 6.45) is 0.658. The van der Waals surface area contributed by atoms with E-state index in [1.54, 1.807) is 6.07 Å². The molecule has 1 aliphatic heterocycles. The topological polar surface area (TPSA) is 76.5 Å². The van der Waals surface area contributed by atoms with Gasteiger partial charge in [0, 0.05) is 29.7 Å². The molecule has 0 saturated heterocycles. The summed E-state index contributed by atoms with van der Waals surface area (Å²) in [5.74, 6) is -0.581. The average Bonchev–Trinajstić information content (AvgIpc) is 2.63. The number of nitrogens with two attached hydrogens (primary N) is 1. The summed E-state index contributed by atoms with van der Waals surface area (Å²) in [7, 11) is 0. The van der Waals surface area contributed by atoms with Gasteiger partial charge in [0.05, 0.1) is 5.92 Å². The van der Waals surface area contributed by atoms with Crippen molar-refractivity contribution >= 4 is 22.6 Å². The van der Waals surface area contributed by atoms with Gasteiger partial charge < -0.3 is 15.1 Å². The number of rotatable bonds is 3. The summed E-state index contributed by atoms with van der Waals surface area (Å²) < 4.78 is 5.38. The Labute approximate surface area is 157 Å². The second kappa shape index (κ2) is 6.58. The van der Waals surface area contributed by atoms with Gasteiger partial charge in [-0.2, -0.15) is 0 Å². The molecule has 0 radical (unpaired) electrons. The van der Waals surface area contributed by atoms with Crippen LogP contribution in [0.3, 0.4) is 0 Å². The number of fused-ring (bicyclic) bond motifs is 2. The van der Waals surface area contributed by atoms with Crippen LogP contribution in [-0.2, 0) is 11.3 Å². The molecule has 0 saturated carbocycles. The van der Waals surface area contributed by atoms with Gasteiger partial charge in [-0.05, 0) is 49.1 Å². The van der Waals surface area contributed by atoms with Crippen molar-refractivity contribution in [1.82, 2.24) is 0 Å². The number of aryl methyl sites for hydroxylation is 1. The first-order valence-electron chi connectivity index (χ1n) is 9.12. The molecule has 0 fully saturated rings. The summed E-state index contributed by atoms with van der Waals surface area (Å²) in [6, 6.07) is 15.4. The zero-order valence-electron chi connectivity index (χ0n) is 15.4. The lowest BCUT2D eigenvalue weighted by atomic mass is 9.85. The molecule has 1 aliphatic rings. The minimum atomic E-state index is -0.351. The molecule has 5 nitrogen and oxygen atoms in total. The number of hydrogen-bond acceptors (Lipinski definition) is 4. The fourth-order valence-electron chi connectivity index (χ4n) is 4.04. The van der Waals surface area contributed by atoms with E-state index in [0.29, 0.717) is 18.5 Å². The Morgan fingerprint density at radius 1 is 1.22 bits per heavy atom. The fourth-order valence-corrected chi connectivity index (χ4v) is 4.04. The molecular formula is C22H22N2O3. The first-order valence-corrected chi connectivity index (χ1v) is 9.12. The van der Waals surface area contributed by atoms with Crippen LogP contribution in [0.2, 0.25) is 0 Å². The molecule has 0 aliphatic carbocycles. The third-order valence-corrected chi connectivity index (χ3v) is 5.40. The van der Waals surface area contributed by atoms with Crippen molar-refractivity contribution in [2.75, 3.05) is 4.90 Å². The summed E-state index contributed by atoms with van der Waals surface area (Å²) in [6.45, 7) is 4.62. The highest BCUT2D eigenvalue weighted by Crippen LogP contribution is 2.39. The molecule has 2 aromatic carbocycles. The van der Waals surface area contributed by atoms with E-state index in [2.05, 4.69) is 11.8 Å². The Morgan fingerprint density at radius 3 is 2.78 bits per heavy atom. The van der Waals surface area contributed by atoms with E-state index in [0.717, 1.165) is 27.8 Å². The molecule has 2 atom stereocenters. The van der Waals surface area contributed by atoms with Crippen LogP contribution in [0.15, 0.2) is 57.7 Å². The van der Waals surface area contributed by atoms with E-state index in [-0.39, 0.29) is 23.5 Å². The maximum absolute atomic E-state index is 12.1. The monoisotopic (exact) mass is 362 g/mol. The quantitative estimate of drug-likeness (QED) is 0.724. The van der Waals surface area contributed by atoms with Crippen LogP contribution in [0, 0.1) is 6.92 Å². The number of amides is 1. The molecule has 3 aromatic rings. The molecule has 138 valence electrons. The van der Waals surface area contributed by atoms with E-state index < -0.39 is 0 Å². The van der Waals surface area contributed by atoms with E-state index in [1.807, 2.05) is 49.4 Å². The maximum atomic E-state index is 12.1. The van der Waals surface area contributed by atoms with Crippen molar-refractivity contribution in [3.63, 3.8) is 0 Å². The highest BCUT2D eigenvalue weighted by Gasteiger charge is 2.33. The number of nitrogens with zero attached hydrogens (tertiary/aromatic N) is 1. The Bertz CT molecular complexity index is 1090. The normalized spacial score (nSPS) is 19.1. The van der Waals surface area contributed by atoms with Crippen LogP contribution in [-0.4, -0.2) is 11.9 Å². The third kappa shape index (κ3) is 3.10. The SMILES string of the molecule is Cc1ccc2c(CN3c4ccccc4[C@@H](C(N)=O)C[C@H]3C)cc(=O)oc2c1. The maximum Gasteiger partial charge on any atom is 0.336 e. The standard InChI is InChI=1S/C22H22N2O3/c1-13-7-8-16-15(11-21(25)27-20(16)9-13)12-24-14(2)10-18(22(23)26)17-5-3-4-6-19(17)24/h3-9,11,14,18H,10,12H2,1-2H3,(H2,23,26)/t14-,18+/m1/s1. The Kier molecular flexibility index (Phi) is 4.22. The smallest absolute Gasteiger partial charge is 0.336 e. The first kappa shape index (κ1) is 17.3. The number of carbonyl (C=O) groups is 1. The van der Waals surface area contributed by atoms with Gasteiger partial charge in [0.25, 0.3) is 0 Å². The molecule has 1 aromatic heterocycles. The van der Waals surface area contributed by atoms with E-state index in [4.69, 9.17) is 10.2 Å². The number of primary amides is 1. The number of anilines is 1. The van der Waals surface area contributed by atoms with Gasteiger partial charge in [-0.15, -0.1) is 0 Å². The second-order valence-electron chi connectivity index (χ2n) is 7.32.